The smallest absolute Gasteiger partial charge is 0.273 e. The van der Waals surface area contributed by atoms with Gasteiger partial charge in [0.05, 0.1) is 20.9 Å². The van der Waals surface area contributed by atoms with Crippen molar-refractivity contribution >= 4 is 84.6 Å². The first kappa shape index (κ1) is 28.5. The van der Waals surface area contributed by atoms with Crippen LogP contribution in [0.3, 0.4) is 0 Å². The van der Waals surface area contributed by atoms with Gasteiger partial charge in [-0.3, -0.25) is 19.1 Å². The zero-order valence-electron chi connectivity index (χ0n) is 23.0. The standard InChI is InChI=1S/C33H27N3O2S4/c1-3-34-26(41-28(23-16-10-6-11-17-23)27(34)22-14-8-5-9-15-22)21-20-25-30(37)35(4-2)32(40-25)29-31(38)36(33(39)42-29)24-18-12-7-13-19-24/h5-21H,3-4H2,1-2H3. The number of anilines is 1. The SMILES string of the molecule is CCN1C(=CC=c2sc(=C3SC(=S)N(c4ccccc4)C3=O)n(CC)c2=O)SC(c2ccccc2)=C1c1ccccc1. The van der Waals surface area contributed by atoms with Crippen LogP contribution in [0.5, 0.6) is 0 Å². The van der Waals surface area contributed by atoms with Crippen molar-refractivity contribution in [1.29, 1.82) is 0 Å². The zero-order valence-corrected chi connectivity index (χ0v) is 26.3. The number of benzene rings is 3. The van der Waals surface area contributed by atoms with Crippen molar-refractivity contribution in [3.05, 3.63) is 133 Å². The molecule has 6 rings (SSSR count). The van der Waals surface area contributed by atoms with Crippen LogP contribution in [0.2, 0.25) is 0 Å². The maximum Gasteiger partial charge on any atom is 0.273 e. The Morgan fingerprint density at radius 3 is 1.98 bits per heavy atom. The second-order valence-corrected chi connectivity index (χ2v) is 13.1. The van der Waals surface area contributed by atoms with Gasteiger partial charge in [0, 0.05) is 18.0 Å². The summed E-state index contributed by atoms with van der Waals surface area (Å²) in [5.74, 6) is -0.197. The Labute approximate surface area is 262 Å². The first-order chi connectivity index (χ1) is 20.5. The molecule has 1 saturated heterocycles. The predicted octanol–water partition coefficient (Wildman–Crippen LogP) is 6.32. The summed E-state index contributed by atoms with van der Waals surface area (Å²) in [5.41, 5.74) is 4.08. The van der Waals surface area contributed by atoms with Gasteiger partial charge >= 0.3 is 0 Å². The van der Waals surface area contributed by atoms with Gasteiger partial charge in [-0.05, 0) is 49.3 Å². The minimum atomic E-state index is -0.197. The molecule has 0 saturated carbocycles. The highest BCUT2D eigenvalue weighted by atomic mass is 32.2. The van der Waals surface area contributed by atoms with Crippen molar-refractivity contribution < 1.29 is 4.79 Å². The Bertz CT molecular complexity index is 1910. The van der Waals surface area contributed by atoms with Crippen molar-refractivity contribution in [1.82, 2.24) is 9.47 Å². The summed E-state index contributed by atoms with van der Waals surface area (Å²) in [5, 5.41) is 1.04. The number of allylic oxidation sites excluding steroid dienone is 1. The molecule has 3 aromatic carbocycles. The Morgan fingerprint density at radius 2 is 1.36 bits per heavy atom. The lowest BCUT2D eigenvalue weighted by atomic mass is 10.1. The van der Waals surface area contributed by atoms with E-state index < -0.39 is 0 Å². The van der Waals surface area contributed by atoms with E-state index in [-0.39, 0.29) is 11.5 Å². The number of rotatable bonds is 6. The number of carbonyl (C=O) groups excluding carboxylic acids is 1. The third-order valence-electron chi connectivity index (χ3n) is 6.94. The molecule has 1 fully saturated rings. The van der Waals surface area contributed by atoms with E-state index in [9.17, 15) is 9.59 Å². The molecule has 210 valence electrons. The number of para-hydroxylation sites is 1. The van der Waals surface area contributed by atoms with E-state index in [1.54, 1.807) is 21.2 Å². The first-order valence-electron chi connectivity index (χ1n) is 13.6. The molecule has 5 nitrogen and oxygen atoms in total. The molecule has 4 aromatic rings. The lowest BCUT2D eigenvalue weighted by Gasteiger charge is -2.21. The van der Waals surface area contributed by atoms with Crippen LogP contribution in [0.15, 0.2) is 107 Å². The molecule has 1 amide bonds. The third-order valence-corrected chi connectivity index (χ3v) is 10.8. The summed E-state index contributed by atoms with van der Waals surface area (Å²) >= 11 is 9.88. The monoisotopic (exact) mass is 625 g/mol. The van der Waals surface area contributed by atoms with Gasteiger partial charge in [0.15, 0.2) is 4.32 Å². The molecule has 0 radical (unpaired) electrons. The Kier molecular flexibility index (Phi) is 8.35. The van der Waals surface area contributed by atoms with Crippen LogP contribution in [0, 0.1) is 0 Å². The number of hydrogen-bond donors (Lipinski definition) is 0. The Balaban J connectivity index is 1.44. The van der Waals surface area contributed by atoms with Crippen molar-refractivity contribution in [2.45, 2.75) is 20.4 Å². The van der Waals surface area contributed by atoms with Gasteiger partial charge < -0.3 is 4.90 Å². The second-order valence-electron chi connectivity index (χ2n) is 9.42. The van der Waals surface area contributed by atoms with Crippen LogP contribution in [-0.2, 0) is 11.3 Å². The van der Waals surface area contributed by atoms with Gasteiger partial charge in [0.2, 0.25) is 0 Å². The molecule has 9 heteroatoms. The number of carbonyl (C=O) groups is 1. The molecular formula is C33H27N3O2S4. The van der Waals surface area contributed by atoms with E-state index in [1.807, 2.05) is 61.5 Å². The largest absolute Gasteiger partial charge is 0.335 e. The molecule has 2 aliphatic rings. The number of thiocarbonyl (C=S) groups is 1. The van der Waals surface area contributed by atoms with E-state index in [0.29, 0.717) is 25.0 Å². The quantitative estimate of drug-likeness (QED) is 0.234. The average Bonchev–Trinajstić information content (AvgIpc) is 3.66. The van der Waals surface area contributed by atoms with Gasteiger partial charge in [0.1, 0.15) is 9.57 Å². The number of thioether (sulfide) groups is 2. The zero-order chi connectivity index (χ0) is 29.2. The van der Waals surface area contributed by atoms with Gasteiger partial charge in [-0.25, -0.2) is 0 Å². The van der Waals surface area contributed by atoms with E-state index in [2.05, 4.69) is 60.4 Å². The van der Waals surface area contributed by atoms with Gasteiger partial charge in [-0.1, -0.05) is 115 Å². The lowest BCUT2D eigenvalue weighted by molar-refractivity contribution is -0.112. The van der Waals surface area contributed by atoms with E-state index >= 15 is 0 Å². The van der Waals surface area contributed by atoms with Gasteiger partial charge in [-0.15, -0.1) is 11.3 Å². The molecule has 0 aliphatic carbocycles. The van der Waals surface area contributed by atoms with Crippen LogP contribution in [0.4, 0.5) is 5.69 Å². The average molecular weight is 626 g/mol. The fourth-order valence-electron chi connectivity index (χ4n) is 4.98. The van der Waals surface area contributed by atoms with Crippen molar-refractivity contribution in [3.63, 3.8) is 0 Å². The predicted molar refractivity (Wildman–Crippen MR) is 183 cm³/mol. The molecule has 42 heavy (non-hydrogen) atoms. The highest BCUT2D eigenvalue weighted by Gasteiger charge is 2.35. The van der Waals surface area contributed by atoms with E-state index in [0.717, 1.165) is 34.1 Å². The number of aromatic nitrogens is 1. The summed E-state index contributed by atoms with van der Waals surface area (Å²) in [7, 11) is 0. The van der Waals surface area contributed by atoms with Crippen molar-refractivity contribution in [2.24, 2.45) is 0 Å². The van der Waals surface area contributed by atoms with Crippen molar-refractivity contribution in [3.8, 4) is 0 Å². The van der Waals surface area contributed by atoms with Crippen LogP contribution in [0.1, 0.15) is 25.0 Å². The maximum absolute atomic E-state index is 13.5. The number of amides is 1. The number of thiazole rings is 1. The van der Waals surface area contributed by atoms with Gasteiger partial charge in [0.25, 0.3) is 11.5 Å². The van der Waals surface area contributed by atoms with Crippen LogP contribution in [0.25, 0.3) is 21.6 Å². The third kappa shape index (κ3) is 5.22. The highest BCUT2D eigenvalue weighted by molar-refractivity contribution is 8.31. The van der Waals surface area contributed by atoms with Gasteiger partial charge in [-0.2, -0.15) is 0 Å². The summed E-state index contributed by atoms with van der Waals surface area (Å²) in [6, 6.07) is 30.2. The minimum absolute atomic E-state index is 0.107. The van der Waals surface area contributed by atoms with E-state index in [4.69, 9.17) is 12.2 Å². The molecular weight excluding hydrogens is 599 g/mol. The highest BCUT2D eigenvalue weighted by Crippen LogP contribution is 2.50. The second kappa shape index (κ2) is 12.3. The number of nitrogens with zero attached hydrogens (tertiary/aromatic N) is 3. The minimum Gasteiger partial charge on any atom is -0.335 e. The lowest BCUT2D eigenvalue weighted by Crippen LogP contribution is -2.33. The fourth-order valence-corrected chi connectivity index (χ4v) is 8.80. The summed E-state index contributed by atoms with van der Waals surface area (Å²) in [4.78, 5) is 32.6. The molecule has 1 aromatic heterocycles. The molecule has 0 atom stereocenters. The molecule has 0 unspecified atom stereocenters. The van der Waals surface area contributed by atoms with Crippen LogP contribution >= 0.6 is 47.1 Å². The normalized spacial score (nSPS) is 18.2. The summed E-state index contributed by atoms with van der Waals surface area (Å²) < 4.78 is 3.36. The van der Waals surface area contributed by atoms with E-state index in [1.165, 1.54) is 28.0 Å². The molecule has 0 bridgehead atoms. The topological polar surface area (TPSA) is 45.5 Å². The molecule has 2 aliphatic heterocycles. The summed E-state index contributed by atoms with van der Waals surface area (Å²) in [6.07, 6.45) is 3.92. The molecule has 0 N–H and O–H groups in total. The molecule has 0 spiro atoms. The maximum atomic E-state index is 13.5. The Morgan fingerprint density at radius 1 is 0.738 bits per heavy atom. The fraction of sp³-hybridized carbons (Fsp3) is 0.121. The first-order valence-corrected chi connectivity index (χ1v) is 16.4. The van der Waals surface area contributed by atoms with Crippen LogP contribution < -0.4 is 19.7 Å². The summed E-state index contributed by atoms with van der Waals surface area (Å²) in [6.45, 7) is 5.29. The van der Waals surface area contributed by atoms with Crippen LogP contribution in [-0.4, -0.2) is 26.2 Å². The van der Waals surface area contributed by atoms with Crippen molar-refractivity contribution in [2.75, 3.05) is 11.4 Å². The number of hydrogen-bond acceptors (Lipinski definition) is 7. The molecule has 3 heterocycles. The Hall–Kier alpha value is -3.63.